The lowest BCUT2D eigenvalue weighted by Crippen LogP contribution is -2.35. The lowest BCUT2D eigenvalue weighted by Gasteiger charge is -2.21. The molecule has 128 valence electrons. The molecule has 4 rings (SSSR count). The summed E-state index contributed by atoms with van der Waals surface area (Å²) in [5.74, 6) is -0.427. The highest BCUT2D eigenvalue weighted by atomic mass is 19.1. The zero-order chi connectivity index (χ0) is 17.2. The topological polar surface area (TPSA) is 62.5 Å². The zero-order valence-corrected chi connectivity index (χ0v) is 13.6. The summed E-state index contributed by atoms with van der Waals surface area (Å²) in [6.07, 6.45) is 2.49. The molecular weight excluding hydrogens is 323 g/mol. The van der Waals surface area contributed by atoms with Gasteiger partial charge in [0.15, 0.2) is 5.58 Å². The minimum atomic E-state index is -0.344. The van der Waals surface area contributed by atoms with Gasteiger partial charge in [0.25, 0.3) is 11.9 Å². The van der Waals surface area contributed by atoms with Crippen molar-refractivity contribution in [3.63, 3.8) is 0 Å². The van der Waals surface area contributed by atoms with Crippen LogP contribution in [0, 0.1) is 5.82 Å². The maximum absolute atomic E-state index is 13.0. The van der Waals surface area contributed by atoms with Crippen LogP contribution in [-0.4, -0.2) is 47.0 Å². The number of rotatable bonds is 2. The van der Waals surface area contributed by atoms with Gasteiger partial charge in [0.2, 0.25) is 5.65 Å². The molecule has 1 aliphatic rings. The molecule has 1 aliphatic heterocycles. The Bertz CT molecular complexity index is 860. The number of fused-ring (bicyclic) bond motifs is 1. The molecule has 0 aliphatic carbocycles. The van der Waals surface area contributed by atoms with Gasteiger partial charge in [-0.25, -0.2) is 9.37 Å². The number of benzene rings is 1. The molecule has 3 aromatic rings. The SMILES string of the molecule is O=C(c1ccc(F)cc1)N1CCCN(c2nc3ncccc3o2)CC1. The van der Waals surface area contributed by atoms with Gasteiger partial charge in [-0.2, -0.15) is 4.98 Å². The Labute approximate surface area is 143 Å². The van der Waals surface area contributed by atoms with Crippen LogP contribution in [0.25, 0.3) is 11.2 Å². The van der Waals surface area contributed by atoms with Crippen LogP contribution in [0.3, 0.4) is 0 Å². The first-order valence-electron chi connectivity index (χ1n) is 8.22. The molecule has 1 saturated heterocycles. The summed E-state index contributed by atoms with van der Waals surface area (Å²) in [6, 6.07) is 9.83. The third-order valence-corrected chi connectivity index (χ3v) is 4.30. The number of halogens is 1. The highest BCUT2D eigenvalue weighted by Gasteiger charge is 2.23. The van der Waals surface area contributed by atoms with Crippen LogP contribution in [-0.2, 0) is 0 Å². The van der Waals surface area contributed by atoms with Gasteiger partial charge < -0.3 is 14.2 Å². The first-order chi connectivity index (χ1) is 12.2. The van der Waals surface area contributed by atoms with E-state index >= 15 is 0 Å². The summed E-state index contributed by atoms with van der Waals surface area (Å²) in [5, 5.41) is 0. The zero-order valence-electron chi connectivity index (χ0n) is 13.6. The standard InChI is InChI=1S/C18H17FN4O2/c19-14-6-4-13(5-7-14)17(24)22-9-2-10-23(12-11-22)18-21-16-15(25-18)3-1-8-20-16/h1,3-8H,2,9-12H2. The Morgan fingerprint density at radius 2 is 1.92 bits per heavy atom. The van der Waals surface area contributed by atoms with E-state index in [-0.39, 0.29) is 11.7 Å². The van der Waals surface area contributed by atoms with E-state index < -0.39 is 0 Å². The third-order valence-electron chi connectivity index (χ3n) is 4.30. The number of aromatic nitrogens is 2. The summed E-state index contributed by atoms with van der Waals surface area (Å²) in [7, 11) is 0. The Balaban J connectivity index is 1.48. The number of hydrogen-bond donors (Lipinski definition) is 0. The van der Waals surface area contributed by atoms with Gasteiger partial charge in [0, 0.05) is 37.9 Å². The summed E-state index contributed by atoms with van der Waals surface area (Å²) in [5.41, 5.74) is 1.74. The fourth-order valence-electron chi connectivity index (χ4n) is 2.98. The smallest absolute Gasteiger partial charge is 0.300 e. The van der Waals surface area contributed by atoms with Crippen molar-refractivity contribution in [1.29, 1.82) is 0 Å². The maximum atomic E-state index is 13.0. The average Bonchev–Trinajstić information content (AvgIpc) is 2.91. The van der Waals surface area contributed by atoms with Crippen LogP contribution in [0.2, 0.25) is 0 Å². The predicted octanol–water partition coefficient (Wildman–Crippen LogP) is 2.71. The predicted molar refractivity (Wildman–Crippen MR) is 90.9 cm³/mol. The minimum Gasteiger partial charge on any atom is -0.422 e. The van der Waals surface area contributed by atoms with Crippen molar-refractivity contribution >= 4 is 23.2 Å². The van der Waals surface area contributed by atoms with Crippen LogP contribution in [0.5, 0.6) is 0 Å². The van der Waals surface area contributed by atoms with Crippen molar-refractivity contribution < 1.29 is 13.6 Å². The molecule has 0 atom stereocenters. The molecule has 1 amide bonds. The van der Waals surface area contributed by atoms with E-state index in [1.807, 2.05) is 17.0 Å². The quantitative estimate of drug-likeness (QED) is 0.718. The monoisotopic (exact) mass is 340 g/mol. The Morgan fingerprint density at radius 3 is 2.72 bits per heavy atom. The van der Waals surface area contributed by atoms with E-state index in [4.69, 9.17) is 4.42 Å². The van der Waals surface area contributed by atoms with E-state index in [1.54, 1.807) is 11.1 Å². The van der Waals surface area contributed by atoms with E-state index in [2.05, 4.69) is 9.97 Å². The Kier molecular flexibility index (Phi) is 4.05. The second-order valence-corrected chi connectivity index (χ2v) is 5.96. The van der Waals surface area contributed by atoms with Crippen LogP contribution in [0.1, 0.15) is 16.8 Å². The maximum Gasteiger partial charge on any atom is 0.300 e. The van der Waals surface area contributed by atoms with Crippen molar-refractivity contribution in [2.24, 2.45) is 0 Å². The fourth-order valence-corrected chi connectivity index (χ4v) is 2.98. The van der Waals surface area contributed by atoms with Gasteiger partial charge in [0.1, 0.15) is 5.82 Å². The Morgan fingerprint density at radius 1 is 1.08 bits per heavy atom. The number of pyridine rings is 1. The molecule has 2 aromatic heterocycles. The average molecular weight is 340 g/mol. The molecule has 0 radical (unpaired) electrons. The molecule has 1 fully saturated rings. The number of amides is 1. The fraction of sp³-hybridized carbons (Fsp3) is 0.278. The van der Waals surface area contributed by atoms with Gasteiger partial charge in [0.05, 0.1) is 0 Å². The number of hydrogen-bond acceptors (Lipinski definition) is 5. The van der Waals surface area contributed by atoms with Crippen LogP contribution in [0.4, 0.5) is 10.4 Å². The van der Waals surface area contributed by atoms with Crippen molar-refractivity contribution in [3.05, 3.63) is 54.0 Å². The summed E-state index contributed by atoms with van der Waals surface area (Å²) in [4.78, 5) is 25.0. The van der Waals surface area contributed by atoms with Crippen molar-refractivity contribution in [2.45, 2.75) is 6.42 Å². The van der Waals surface area contributed by atoms with Gasteiger partial charge >= 0.3 is 0 Å². The summed E-state index contributed by atoms with van der Waals surface area (Å²) in [6.45, 7) is 2.58. The lowest BCUT2D eigenvalue weighted by molar-refractivity contribution is 0.0767. The molecule has 0 saturated carbocycles. The summed E-state index contributed by atoms with van der Waals surface area (Å²) < 4.78 is 18.8. The second kappa shape index (κ2) is 6.51. The first kappa shape index (κ1) is 15.6. The van der Waals surface area contributed by atoms with Gasteiger partial charge in [-0.1, -0.05) is 0 Å². The molecule has 0 N–H and O–H groups in total. The number of carbonyl (C=O) groups is 1. The molecule has 3 heterocycles. The molecule has 6 nitrogen and oxygen atoms in total. The highest BCUT2D eigenvalue weighted by Crippen LogP contribution is 2.21. The number of oxazole rings is 1. The molecule has 0 bridgehead atoms. The third kappa shape index (κ3) is 3.17. The van der Waals surface area contributed by atoms with E-state index in [9.17, 15) is 9.18 Å². The van der Waals surface area contributed by atoms with Gasteiger partial charge in [-0.15, -0.1) is 0 Å². The van der Waals surface area contributed by atoms with E-state index in [0.29, 0.717) is 42.4 Å². The van der Waals surface area contributed by atoms with Crippen LogP contribution < -0.4 is 4.90 Å². The lowest BCUT2D eigenvalue weighted by atomic mass is 10.2. The molecule has 1 aromatic carbocycles. The van der Waals surface area contributed by atoms with Crippen LogP contribution in [0.15, 0.2) is 47.0 Å². The second-order valence-electron chi connectivity index (χ2n) is 5.96. The first-order valence-corrected chi connectivity index (χ1v) is 8.22. The molecule has 0 spiro atoms. The largest absolute Gasteiger partial charge is 0.422 e. The normalized spacial score (nSPS) is 15.4. The van der Waals surface area contributed by atoms with Crippen molar-refractivity contribution in [3.8, 4) is 0 Å². The minimum absolute atomic E-state index is 0.0823. The van der Waals surface area contributed by atoms with Crippen molar-refractivity contribution in [1.82, 2.24) is 14.9 Å². The molecular formula is C18H17FN4O2. The molecule has 25 heavy (non-hydrogen) atoms. The van der Waals surface area contributed by atoms with E-state index in [1.165, 1.54) is 24.3 Å². The van der Waals surface area contributed by atoms with E-state index in [0.717, 1.165) is 13.0 Å². The van der Waals surface area contributed by atoms with Gasteiger partial charge in [-0.05, 0) is 42.8 Å². The highest BCUT2D eigenvalue weighted by molar-refractivity contribution is 5.94. The molecule has 7 heteroatoms. The number of anilines is 1. The number of nitrogens with zero attached hydrogens (tertiary/aromatic N) is 4. The number of carbonyl (C=O) groups excluding carboxylic acids is 1. The summed E-state index contributed by atoms with van der Waals surface area (Å²) >= 11 is 0. The molecule has 0 unspecified atom stereocenters. The Hall–Kier alpha value is -2.96. The van der Waals surface area contributed by atoms with Crippen LogP contribution >= 0.6 is 0 Å². The van der Waals surface area contributed by atoms with Gasteiger partial charge in [-0.3, -0.25) is 4.79 Å². The van der Waals surface area contributed by atoms with Crippen molar-refractivity contribution in [2.75, 3.05) is 31.1 Å².